The highest BCUT2D eigenvalue weighted by atomic mass is 35.5. The fraction of sp³-hybridized carbons (Fsp3) is 0.176. The SMILES string of the molecule is CNCc1cc(S(=O)(=O)c2ccc(C)nc2)n(-c2cccc(Cl)c2F)n1. The van der Waals surface area contributed by atoms with Crippen molar-refractivity contribution in [2.45, 2.75) is 23.4 Å². The van der Waals surface area contributed by atoms with Gasteiger partial charge in [0.05, 0.1) is 15.6 Å². The van der Waals surface area contributed by atoms with E-state index in [1.807, 2.05) is 0 Å². The summed E-state index contributed by atoms with van der Waals surface area (Å²) in [7, 11) is -2.26. The third-order valence-corrected chi connectivity index (χ3v) is 5.71. The zero-order chi connectivity index (χ0) is 18.9. The molecule has 26 heavy (non-hydrogen) atoms. The molecule has 1 aromatic carbocycles. The number of pyridine rings is 1. The molecule has 0 aliphatic carbocycles. The average molecular weight is 395 g/mol. The molecule has 2 aromatic heterocycles. The number of benzene rings is 1. The summed E-state index contributed by atoms with van der Waals surface area (Å²) in [6.07, 6.45) is 1.27. The number of aromatic nitrogens is 3. The van der Waals surface area contributed by atoms with E-state index in [2.05, 4.69) is 15.4 Å². The predicted octanol–water partition coefficient (Wildman–Crippen LogP) is 2.92. The van der Waals surface area contributed by atoms with Gasteiger partial charge in [0.2, 0.25) is 9.84 Å². The molecule has 0 atom stereocenters. The van der Waals surface area contributed by atoms with Gasteiger partial charge in [-0.1, -0.05) is 17.7 Å². The summed E-state index contributed by atoms with van der Waals surface area (Å²) in [4.78, 5) is 4.03. The van der Waals surface area contributed by atoms with E-state index in [9.17, 15) is 12.8 Å². The fourth-order valence-electron chi connectivity index (χ4n) is 2.43. The smallest absolute Gasteiger partial charge is 0.225 e. The second-order valence-corrected chi connectivity index (χ2v) is 7.93. The number of aryl methyl sites for hydroxylation is 1. The molecular formula is C17H16ClFN4O2S. The van der Waals surface area contributed by atoms with Crippen molar-refractivity contribution in [2.75, 3.05) is 7.05 Å². The van der Waals surface area contributed by atoms with Gasteiger partial charge in [0.15, 0.2) is 10.8 Å². The normalized spacial score (nSPS) is 11.7. The molecule has 0 spiro atoms. The van der Waals surface area contributed by atoms with E-state index in [0.29, 0.717) is 17.9 Å². The molecule has 3 rings (SSSR count). The van der Waals surface area contributed by atoms with Crippen molar-refractivity contribution in [1.82, 2.24) is 20.1 Å². The average Bonchev–Trinajstić information content (AvgIpc) is 3.03. The van der Waals surface area contributed by atoms with Gasteiger partial charge in [-0.25, -0.2) is 17.5 Å². The number of hydrogen-bond donors (Lipinski definition) is 1. The van der Waals surface area contributed by atoms with Crippen LogP contribution in [0.3, 0.4) is 0 Å². The van der Waals surface area contributed by atoms with Crippen molar-refractivity contribution in [1.29, 1.82) is 0 Å². The van der Waals surface area contributed by atoms with Gasteiger partial charge in [-0.15, -0.1) is 0 Å². The highest BCUT2D eigenvalue weighted by molar-refractivity contribution is 7.91. The van der Waals surface area contributed by atoms with Crippen LogP contribution in [0, 0.1) is 12.7 Å². The summed E-state index contributed by atoms with van der Waals surface area (Å²) in [6.45, 7) is 2.08. The molecule has 3 aromatic rings. The summed E-state index contributed by atoms with van der Waals surface area (Å²) in [5.74, 6) is -0.744. The standard InChI is InChI=1S/C17H16ClFN4O2S/c1-11-6-7-13(10-21-11)26(24,25)16-8-12(9-20-2)22-23(16)15-5-3-4-14(18)17(15)19/h3-8,10,20H,9H2,1-2H3. The van der Waals surface area contributed by atoms with E-state index in [1.165, 1.54) is 36.5 Å². The number of rotatable bonds is 5. The summed E-state index contributed by atoms with van der Waals surface area (Å²) >= 11 is 5.84. The third kappa shape index (κ3) is 3.35. The zero-order valence-corrected chi connectivity index (χ0v) is 15.6. The van der Waals surface area contributed by atoms with Gasteiger partial charge in [-0.2, -0.15) is 5.10 Å². The molecule has 0 saturated heterocycles. The third-order valence-electron chi connectivity index (χ3n) is 3.71. The summed E-state index contributed by atoms with van der Waals surface area (Å²) < 4.78 is 41.7. The van der Waals surface area contributed by atoms with Crippen LogP contribution in [0.5, 0.6) is 0 Å². The van der Waals surface area contributed by atoms with E-state index in [-0.39, 0.29) is 20.6 Å². The van der Waals surface area contributed by atoms with Crippen molar-refractivity contribution >= 4 is 21.4 Å². The van der Waals surface area contributed by atoms with Crippen molar-refractivity contribution in [3.8, 4) is 5.69 Å². The molecule has 9 heteroatoms. The molecule has 0 amide bonds. The molecule has 136 valence electrons. The number of hydrogen-bond acceptors (Lipinski definition) is 5. The van der Waals surface area contributed by atoms with E-state index in [4.69, 9.17) is 11.6 Å². The van der Waals surface area contributed by atoms with E-state index < -0.39 is 15.7 Å². The maximum Gasteiger partial charge on any atom is 0.225 e. The van der Waals surface area contributed by atoms with Crippen LogP contribution < -0.4 is 5.32 Å². The first-order chi connectivity index (χ1) is 12.3. The van der Waals surface area contributed by atoms with Gasteiger partial charge in [-0.3, -0.25) is 4.98 Å². The number of sulfone groups is 1. The Morgan fingerprint density at radius 2 is 2.04 bits per heavy atom. The molecular weight excluding hydrogens is 379 g/mol. The minimum atomic E-state index is -3.96. The molecule has 1 N–H and O–H groups in total. The van der Waals surface area contributed by atoms with Gasteiger partial charge in [0, 0.05) is 24.5 Å². The van der Waals surface area contributed by atoms with Crippen molar-refractivity contribution in [3.63, 3.8) is 0 Å². The highest BCUT2D eigenvalue weighted by Crippen LogP contribution is 2.27. The second-order valence-electron chi connectivity index (χ2n) is 5.63. The second kappa shape index (κ2) is 7.14. The minimum absolute atomic E-state index is 0.00249. The van der Waals surface area contributed by atoms with E-state index >= 15 is 0 Å². The summed E-state index contributed by atoms with van der Waals surface area (Å²) in [6, 6.07) is 8.80. The van der Waals surface area contributed by atoms with Gasteiger partial charge in [-0.05, 0) is 38.2 Å². The Morgan fingerprint density at radius 3 is 2.69 bits per heavy atom. The molecule has 6 nitrogen and oxygen atoms in total. The number of nitrogens with zero attached hydrogens (tertiary/aromatic N) is 3. The molecule has 0 fully saturated rings. The lowest BCUT2D eigenvalue weighted by molar-refractivity contribution is 0.575. The molecule has 0 aliphatic rings. The topological polar surface area (TPSA) is 76.9 Å². The summed E-state index contributed by atoms with van der Waals surface area (Å²) in [5, 5.41) is 6.86. The van der Waals surface area contributed by atoms with Gasteiger partial charge in [0.25, 0.3) is 0 Å². The van der Waals surface area contributed by atoms with Crippen LogP contribution in [0.4, 0.5) is 4.39 Å². The van der Waals surface area contributed by atoms with Gasteiger partial charge in [0.1, 0.15) is 5.69 Å². The maximum atomic E-state index is 14.5. The Morgan fingerprint density at radius 1 is 1.27 bits per heavy atom. The molecule has 2 heterocycles. The van der Waals surface area contributed by atoms with Gasteiger partial charge < -0.3 is 5.32 Å². The Labute approximate surface area is 155 Å². The first kappa shape index (κ1) is 18.5. The number of halogens is 2. The lowest BCUT2D eigenvalue weighted by atomic mass is 10.3. The van der Waals surface area contributed by atoms with Crippen LogP contribution in [0.1, 0.15) is 11.4 Å². The van der Waals surface area contributed by atoms with Crippen molar-refractivity contribution < 1.29 is 12.8 Å². The number of nitrogens with one attached hydrogen (secondary N) is 1. The maximum absolute atomic E-state index is 14.5. The largest absolute Gasteiger partial charge is 0.314 e. The Hall–Kier alpha value is -2.29. The van der Waals surface area contributed by atoms with Crippen LogP contribution in [0.2, 0.25) is 5.02 Å². The Kier molecular flexibility index (Phi) is 5.08. The van der Waals surface area contributed by atoms with Crippen molar-refractivity contribution in [2.24, 2.45) is 0 Å². The minimum Gasteiger partial charge on any atom is -0.314 e. The van der Waals surface area contributed by atoms with Crippen LogP contribution in [0.15, 0.2) is 52.5 Å². The van der Waals surface area contributed by atoms with Crippen LogP contribution in [-0.2, 0) is 16.4 Å². The van der Waals surface area contributed by atoms with Crippen LogP contribution >= 0.6 is 11.6 Å². The van der Waals surface area contributed by atoms with E-state index in [1.54, 1.807) is 20.0 Å². The zero-order valence-electron chi connectivity index (χ0n) is 14.1. The lowest BCUT2D eigenvalue weighted by Gasteiger charge is -2.10. The van der Waals surface area contributed by atoms with E-state index in [0.717, 1.165) is 4.68 Å². The van der Waals surface area contributed by atoms with Crippen LogP contribution in [-0.4, -0.2) is 30.2 Å². The first-order valence-electron chi connectivity index (χ1n) is 7.70. The molecule has 0 bridgehead atoms. The Balaban J connectivity index is 2.23. The van der Waals surface area contributed by atoms with Gasteiger partial charge >= 0.3 is 0 Å². The molecule has 0 unspecified atom stereocenters. The predicted molar refractivity (Wildman–Crippen MR) is 95.7 cm³/mol. The molecule has 0 radical (unpaired) electrons. The molecule has 0 aliphatic heterocycles. The highest BCUT2D eigenvalue weighted by Gasteiger charge is 2.26. The first-order valence-corrected chi connectivity index (χ1v) is 9.56. The monoisotopic (exact) mass is 394 g/mol. The van der Waals surface area contributed by atoms with Crippen molar-refractivity contribution in [3.05, 3.63) is 64.8 Å². The quantitative estimate of drug-likeness (QED) is 0.720. The fourth-order valence-corrected chi connectivity index (χ4v) is 3.94. The molecule has 0 saturated carbocycles. The summed E-state index contributed by atoms with van der Waals surface area (Å²) in [5.41, 5.74) is 1.10. The lowest BCUT2D eigenvalue weighted by Crippen LogP contribution is -2.12. The van der Waals surface area contributed by atoms with Crippen LogP contribution in [0.25, 0.3) is 5.69 Å². The Bertz CT molecular complexity index is 1050.